The minimum Gasteiger partial charge on any atom is -0.478 e. The number of nitrogens with zero attached hydrogens (tertiary/aromatic N) is 1. The van der Waals surface area contributed by atoms with Crippen LogP contribution >= 0.6 is 0 Å². The van der Waals surface area contributed by atoms with E-state index in [9.17, 15) is 19.2 Å². The zero-order valence-electron chi connectivity index (χ0n) is 17.7. The van der Waals surface area contributed by atoms with Gasteiger partial charge in [0.05, 0.1) is 20.3 Å². The first kappa shape index (κ1) is 22.6. The number of nitrogens with one attached hydrogen (secondary N) is 1. The smallest absolute Gasteiger partial charge is 0.373 e. The Morgan fingerprint density at radius 1 is 1.19 bits per heavy atom. The fourth-order valence-corrected chi connectivity index (χ4v) is 2.91. The molecular weight excluding hydrogens is 420 g/mol. The van der Waals surface area contributed by atoms with Crippen LogP contribution in [0.3, 0.4) is 0 Å². The lowest BCUT2D eigenvalue weighted by Gasteiger charge is -2.15. The summed E-state index contributed by atoms with van der Waals surface area (Å²) in [6.45, 7) is 3.31. The van der Waals surface area contributed by atoms with Gasteiger partial charge in [0.2, 0.25) is 5.76 Å². The van der Waals surface area contributed by atoms with Crippen molar-refractivity contribution in [2.24, 2.45) is 0 Å². The maximum atomic E-state index is 12.8. The average molecular weight is 442 g/mol. The molecule has 168 valence electrons. The van der Waals surface area contributed by atoms with Crippen LogP contribution in [0.1, 0.15) is 35.7 Å². The van der Waals surface area contributed by atoms with Crippen LogP contribution in [0.4, 0.5) is 4.79 Å². The molecule has 10 nitrogen and oxygen atoms in total. The van der Waals surface area contributed by atoms with E-state index in [1.54, 1.807) is 38.1 Å². The van der Waals surface area contributed by atoms with Gasteiger partial charge in [-0.3, -0.25) is 9.69 Å². The number of amides is 3. The molecule has 1 fully saturated rings. The van der Waals surface area contributed by atoms with Crippen LogP contribution in [0.15, 0.2) is 46.5 Å². The Hall–Kier alpha value is -4.08. The lowest BCUT2D eigenvalue weighted by atomic mass is 10.1. The second-order valence-corrected chi connectivity index (χ2v) is 6.69. The number of hydrogen-bond donors (Lipinski definition) is 1. The van der Waals surface area contributed by atoms with Crippen LogP contribution in [0.25, 0.3) is 6.08 Å². The highest BCUT2D eigenvalue weighted by Gasteiger charge is 2.34. The van der Waals surface area contributed by atoms with E-state index >= 15 is 0 Å². The Kier molecular flexibility index (Phi) is 6.93. The number of ether oxygens (including phenoxy) is 3. The molecule has 3 rings (SSSR count). The number of para-hydroxylation sites is 1. The maximum Gasteiger partial charge on any atom is 0.373 e. The average Bonchev–Trinajstić information content (AvgIpc) is 3.35. The molecule has 1 N–H and O–H groups in total. The third kappa shape index (κ3) is 4.97. The Bertz CT molecular complexity index is 1070. The third-order valence-electron chi connectivity index (χ3n) is 4.47. The number of rotatable bonds is 8. The Labute approximate surface area is 183 Å². The van der Waals surface area contributed by atoms with Gasteiger partial charge in [0.15, 0.2) is 6.10 Å². The number of hydrogen-bond acceptors (Lipinski definition) is 8. The Morgan fingerprint density at radius 2 is 1.94 bits per heavy atom. The summed E-state index contributed by atoms with van der Waals surface area (Å²) >= 11 is 0. The zero-order valence-corrected chi connectivity index (χ0v) is 17.7. The molecule has 32 heavy (non-hydrogen) atoms. The zero-order chi connectivity index (χ0) is 23.3. The summed E-state index contributed by atoms with van der Waals surface area (Å²) in [5.74, 6) is -1.22. The molecule has 0 unspecified atom stereocenters. The number of esters is 2. The lowest BCUT2D eigenvalue weighted by molar-refractivity contribution is -0.150. The van der Waals surface area contributed by atoms with Crippen molar-refractivity contribution in [3.63, 3.8) is 0 Å². The van der Waals surface area contributed by atoms with Gasteiger partial charge in [-0.05, 0) is 38.1 Å². The second-order valence-electron chi connectivity index (χ2n) is 6.69. The number of furan rings is 1. The molecule has 0 spiro atoms. The normalized spacial score (nSPS) is 15.5. The number of urea groups is 1. The predicted octanol–water partition coefficient (Wildman–Crippen LogP) is 2.49. The van der Waals surface area contributed by atoms with E-state index in [0.717, 1.165) is 4.90 Å². The van der Waals surface area contributed by atoms with Crippen molar-refractivity contribution in [3.05, 3.63) is 59.2 Å². The Morgan fingerprint density at radius 3 is 2.66 bits per heavy atom. The van der Waals surface area contributed by atoms with Crippen LogP contribution in [0.2, 0.25) is 0 Å². The third-order valence-corrected chi connectivity index (χ3v) is 4.47. The first-order chi connectivity index (χ1) is 15.3. The SMILES string of the molecule is CCOC(=O)[C@@H](C)Oc1ccccc1/C=C1\NC(=O)N(Cc2ccc(C(=O)OC)o2)C1=O. The highest BCUT2D eigenvalue weighted by atomic mass is 16.6. The lowest BCUT2D eigenvalue weighted by Crippen LogP contribution is -2.30. The number of imide groups is 1. The molecule has 1 aromatic heterocycles. The summed E-state index contributed by atoms with van der Waals surface area (Å²) in [6, 6.07) is 8.99. The highest BCUT2D eigenvalue weighted by Crippen LogP contribution is 2.25. The minimum atomic E-state index is -0.858. The van der Waals surface area contributed by atoms with Gasteiger partial charge in [-0.2, -0.15) is 0 Å². The van der Waals surface area contributed by atoms with Crippen molar-refractivity contribution in [3.8, 4) is 5.75 Å². The fourth-order valence-electron chi connectivity index (χ4n) is 2.91. The quantitative estimate of drug-likeness (QED) is 0.376. The van der Waals surface area contributed by atoms with Gasteiger partial charge < -0.3 is 23.9 Å². The molecule has 1 aromatic carbocycles. The van der Waals surface area contributed by atoms with E-state index in [1.807, 2.05) is 0 Å². The van der Waals surface area contributed by atoms with Gasteiger partial charge in [0.1, 0.15) is 17.2 Å². The van der Waals surface area contributed by atoms with Crippen molar-refractivity contribution in [2.75, 3.05) is 13.7 Å². The molecule has 1 aliphatic heterocycles. The minimum absolute atomic E-state index is 0.0228. The maximum absolute atomic E-state index is 12.8. The van der Waals surface area contributed by atoms with Crippen molar-refractivity contribution in [2.45, 2.75) is 26.5 Å². The molecule has 10 heteroatoms. The molecule has 1 atom stereocenters. The monoisotopic (exact) mass is 442 g/mol. The summed E-state index contributed by atoms with van der Waals surface area (Å²) in [5.41, 5.74) is 0.509. The number of methoxy groups -OCH3 is 1. The van der Waals surface area contributed by atoms with Crippen molar-refractivity contribution in [1.82, 2.24) is 10.2 Å². The summed E-state index contributed by atoms with van der Waals surface area (Å²) in [5, 5.41) is 2.50. The number of benzene rings is 1. The Balaban J connectivity index is 1.77. The van der Waals surface area contributed by atoms with Gasteiger partial charge in [0.25, 0.3) is 5.91 Å². The van der Waals surface area contributed by atoms with E-state index in [0.29, 0.717) is 11.3 Å². The molecule has 0 bridgehead atoms. The van der Waals surface area contributed by atoms with E-state index in [-0.39, 0.29) is 30.4 Å². The van der Waals surface area contributed by atoms with Crippen LogP contribution in [0.5, 0.6) is 5.75 Å². The summed E-state index contributed by atoms with van der Waals surface area (Å²) in [6.07, 6.45) is 0.595. The second kappa shape index (κ2) is 9.82. The van der Waals surface area contributed by atoms with E-state index < -0.39 is 30.0 Å². The fraction of sp³-hybridized carbons (Fsp3) is 0.273. The van der Waals surface area contributed by atoms with Gasteiger partial charge in [-0.1, -0.05) is 18.2 Å². The van der Waals surface area contributed by atoms with Crippen LogP contribution < -0.4 is 10.1 Å². The highest BCUT2D eigenvalue weighted by molar-refractivity contribution is 6.14. The van der Waals surface area contributed by atoms with Crippen LogP contribution in [-0.2, 0) is 25.6 Å². The van der Waals surface area contributed by atoms with Crippen LogP contribution in [-0.4, -0.2) is 48.6 Å². The van der Waals surface area contributed by atoms with Gasteiger partial charge in [0, 0.05) is 5.56 Å². The summed E-state index contributed by atoms with van der Waals surface area (Å²) in [4.78, 5) is 49.4. The molecule has 3 amide bonds. The summed E-state index contributed by atoms with van der Waals surface area (Å²) < 4.78 is 20.5. The topological polar surface area (TPSA) is 124 Å². The van der Waals surface area contributed by atoms with Gasteiger partial charge in [-0.15, -0.1) is 0 Å². The van der Waals surface area contributed by atoms with Gasteiger partial charge >= 0.3 is 18.0 Å². The molecule has 0 saturated carbocycles. The first-order valence-electron chi connectivity index (χ1n) is 9.78. The van der Waals surface area contributed by atoms with Gasteiger partial charge in [-0.25, -0.2) is 14.4 Å². The molecule has 2 heterocycles. The van der Waals surface area contributed by atoms with Crippen molar-refractivity contribution >= 4 is 30.0 Å². The largest absolute Gasteiger partial charge is 0.478 e. The molecule has 0 aliphatic carbocycles. The standard InChI is InChI=1S/C22H22N2O8/c1-4-30-20(26)13(2)31-17-8-6-5-7-14(17)11-16-19(25)24(22(28)23-16)12-15-9-10-18(32-15)21(27)29-3/h5-11,13H,4,12H2,1-3H3,(H,23,28)/b16-11-/t13-/m1/s1. The van der Waals surface area contributed by atoms with E-state index in [4.69, 9.17) is 13.9 Å². The molecule has 0 radical (unpaired) electrons. The predicted molar refractivity (Wildman–Crippen MR) is 110 cm³/mol. The number of carbonyl (C=O) groups is 4. The molecular formula is C22H22N2O8. The van der Waals surface area contributed by atoms with Crippen molar-refractivity contribution < 1.29 is 37.8 Å². The van der Waals surface area contributed by atoms with Crippen molar-refractivity contribution in [1.29, 1.82) is 0 Å². The van der Waals surface area contributed by atoms with E-state index in [2.05, 4.69) is 10.1 Å². The summed E-state index contributed by atoms with van der Waals surface area (Å²) in [7, 11) is 1.22. The molecule has 1 aliphatic rings. The molecule has 2 aromatic rings. The van der Waals surface area contributed by atoms with Crippen LogP contribution in [0, 0.1) is 0 Å². The van der Waals surface area contributed by atoms with E-state index in [1.165, 1.54) is 25.3 Å². The first-order valence-corrected chi connectivity index (χ1v) is 9.78. The number of carbonyl (C=O) groups excluding carboxylic acids is 4. The molecule has 1 saturated heterocycles.